The van der Waals surface area contributed by atoms with Crippen LogP contribution >= 0.6 is 11.6 Å². The molecule has 0 unspecified atom stereocenters. The summed E-state index contributed by atoms with van der Waals surface area (Å²) < 4.78 is 6.73. The van der Waals surface area contributed by atoms with E-state index >= 15 is 0 Å². The van der Waals surface area contributed by atoms with E-state index in [1.807, 2.05) is 6.07 Å². The van der Waals surface area contributed by atoms with E-state index in [0.717, 1.165) is 25.2 Å². The summed E-state index contributed by atoms with van der Waals surface area (Å²) in [6.45, 7) is 5.48. The Hall–Kier alpha value is -3.16. The van der Waals surface area contributed by atoms with E-state index < -0.39 is 5.97 Å². The van der Waals surface area contributed by atoms with Crippen LogP contribution in [-0.2, 0) is 16.6 Å². The zero-order valence-corrected chi connectivity index (χ0v) is 19.5. The summed E-state index contributed by atoms with van der Waals surface area (Å²) >= 11 is 6.06. The van der Waals surface area contributed by atoms with Gasteiger partial charge in [-0.2, -0.15) is 0 Å². The Bertz CT molecular complexity index is 1240. The highest BCUT2D eigenvalue weighted by Crippen LogP contribution is 2.31. The number of aromatic nitrogens is 1. The predicted octanol–water partition coefficient (Wildman–Crippen LogP) is 3.18. The summed E-state index contributed by atoms with van der Waals surface area (Å²) in [7, 11) is 1.54. The fraction of sp³-hybridized carbons (Fsp3) is 0.320. The topological polar surface area (TPSA) is 71.8 Å². The average Bonchev–Trinajstić information content (AvgIpc) is 2.85. The van der Waals surface area contributed by atoms with E-state index in [9.17, 15) is 14.4 Å². The fourth-order valence-electron chi connectivity index (χ4n) is 4.21. The van der Waals surface area contributed by atoms with Crippen LogP contribution in [0.5, 0.6) is 0 Å². The van der Waals surface area contributed by atoms with Gasteiger partial charge in [0, 0.05) is 49.2 Å². The van der Waals surface area contributed by atoms with Gasteiger partial charge in [0.1, 0.15) is 5.69 Å². The molecule has 1 amide bonds. The fourth-order valence-corrected chi connectivity index (χ4v) is 4.34. The third-order valence-electron chi connectivity index (χ3n) is 6.13. The summed E-state index contributed by atoms with van der Waals surface area (Å²) in [5, 5.41) is 1.69. The monoisotopic (exact) mass is 467 g/mol. The second-order valence-corrected chi connectivity index (χ2v) is 8.47. The number of halogens is 1. The number of benzene rings is 2. The number of ether oxygens (including phenoxy) is 1. The van der Waals surface area contributed by atoms with Gasteiger partial charge in [-0.15, -0.1) is 0 Å². The third-order valence-corrected chi connectivity index (χ3v) is 6.38. The van der Waals surface area contributed by atoms with Crippen molar-refractivity contribution in [3.8, 4) is 11.1 Å². The Morgan fingerprint density at radius 2 is 1.61 bits per heavy atom. The molecule has 0 atom stereocenters. The number of fused-ring (bicyclic) bond motifs is 1. The zero-order chi connectivity index (χ0) is 23.5. The highest BCUT2D eigenvalue weighted by Gasteiger charge is 2.25. The molecule has 33 heavy (non-hydrogen) atoms. The first-order chi connectivity index (χ1) is 15.9. The largest absolute Gasteiger partial charge is 0.451 e. The lowest BCUT2D eigenvalue weighted by atomic mass is 9.97. The SMILES string of the molecule is CCN1CCN(C(=O)COC(=O)c2c(-c3ccc(Cl)cc3)c3ccccc3c(=O)n2C)CC1. The Kier molecular flexibility index (Phi) is 6.81. The van der Waals surface area contributed by atoms with Gasteiger partial charge in [0.15, 0.2) is 6.61 Å². The van der Waals surface area contributed by atoms with Crippen molar-refractivity contribution >= 4 is 34.2 Å². The molecular formula is C25H26ClN3O4. The predicted molar refractivity (Wildman–Crippen MR) is 129 cm³/mol. The van der Waals surface area contributed by atoms with E-state index in [4.69, 9.17) is 16.3 Å². The molecule has 0 spiro atoms. The molecule has 0 N–H and O–H groups in total. The lowest BCUT2D eigenvalue weighted by molar-refractivity contribution is -0.136. The number of hydrogen-bond donors (Lipinski definition) is 0. The number of hydrogen-bond acceptors (Lipinski definition) is 5. The lowest BCUT2D eigenvalue weighted by Crippen LogP contribution is -2.49. The number of carbonyl (C=O) groups excluding carboxylic acids is 2. The molecule has 8 heteroatoms. The maximum Gasteiger partial charge on any atom is 0.356 e. The molecule has 172 valence electrons. The first-order valence-corrected chi connectivity index (χ1v) is 11.3. The van der Waals surface area contributed by atoms with Crippen molar-refractivity contribution in [2.24, 2.45) is 7.05 Å². The molecule has 0 bridgehead atoms. The number of piperazine rings is 1. The zero-order valence-electron chi connectivity index (χ0n) is 18.7. The molecule has 1 saturated heterocycles. The summed E-state index contributed by atoms with van der Waals surface area (Å²) in [6.07, 6.45) is 0. The molecular weight excluding hydrogens is 442 g/mol. The summed E-state index contributed by atoms with van der Waals surface area (Å²) in [5.74, 6) is -0.955. The Morgan fingerprint density at radius 3 is 2.24 bits per heavy atom. The van der Waals surface area contributed by atoms with Crippen LogP contribution in [0, 0.1) is 0 Å². The molecule has 3 aromatic rings. The number of nitrogens with zero attached hydrogens (tertiary/aromatic N) is 3. The molecule has 1 aliphatic heterocycles. The van der Waals surface area contributed by atoms with Gasteiger partial charge < -0.3 is 19.1 Å². The van der Waals surface area contributed by atoms with E-state index in [1.165, 1.54) is 11.6 Å². The molecule has 1 aromatic heterocycles. The second-order valence-electron chi connectivity index (χ2n) is 8.03. The van der Waals surface area contributed by atoms with Crippen LogP contribution in [0.4, 0.5) is 0 Å². The van der Waals surface area contributed by atoms with Crippen LogP contribution in [0.15, 0.2) is 53.3 Å². The van der Waals surface area contributed by atoms with Crippen molar-refractivity contribution in [2.45, 2.75) is 6.92 Å². The van der Waals surface area contributed by atoms with Crippen molar-refractivity contribution < 1.29 is 14.3 Å². The van der Waals surface area contributed by atoms with Crippen molar-refractivity contribution in [3.05, 3.63) is 69.6 Å². The average molecular weight is 468 g/mol. The van der Waals surface area contributed by atoms with Crippen LogP contribution in [0.3, 0.4) is 0 Å². The van der Waals surface area contributed by atoms with E-state index in [0.29, 0.717) is 34.4 Å². The van der Waals surface area contributed by atoms with Crippen LogP contribution in [0.1, 0.15) is 17.4 Å². The quantitative estimate of drug-likeness (QED) is 0.539. The smallest absolute Gasteiger partial charge is 0.356 e. The maximum absolute atomic E-state index is 13.2. The van der Waals surface area contributed by atoms with E-state index in [2.05, 4.69) is 11.8 Å². The van der Waals surface area contributed by atoms with Gasteiger partial charge in [0.25, 0.3) is 11.5 Å². The highest BCUT2D eigenvalue weighted by molar-refractivity contribution is 6.30. The van der Waals surface area contributed by atoms with Gasteiger partial charge >= 0.3 is 5.97 Å². The minimum absolute atomic E-state index is 0.102. The number of pyridine rings is 1. The number of rotatable bonds is 5. The molecule has 7 nitrogen and oxygen atoms in total. The van der Waals surface area contributed by atoms with Crippen molar-refractivity contribution in [2.75, 3.05) is 39.3 Å². The van der Waals surface area contributed by atoms with E-state index in [-0.39, 0.29) is 23.8 Å². The number of amides is 1. The summed E-state index contributed by atoms with van der Waals surface area (Å²) in [4.78, 5) is 42.8. The van der Waals surface area contributed by atoms with Gasteiger partial charge in [-0.25, -0.2) is 4.79 Å². The third kappa shape index (κ3) is 4.65. The van der Waals surface area contributed by atoms with Gasteiger partial charge in [-0.3, -0.25) is 9.59 Å². The standard InChI is InChI=1S/C25H26ClN3O4/c1-3-28-12-14-29(15-13-28)21(30)16-33-25(32)23-22(17-8-10-18(26)11-9-17)19-6-4-5-7-20(19)24(31)27(23)2/h4-11H,3,12-16H2,1-2H3. The molecule has 4 rings (SSSR count). The number of likely N-dealkylation sites (N-methyl/N-ethyl adjacent to an activating group) is 1. The lowest BCUT2D eigenvalue weighted by Gasteiger charge is -2.33. The first-order valence-electron chi connectivity index (χ1n) is 11.0. The minimum Gasteiger partial charge on any atom is -0.451 e. The molecule has 0 radical (unpaired) electrons. The van der Waals surface area contributed by atoms with Crippen LogP contribution in [0.2, 0.25) is 5.02 Å². The van der Waals surface area contributed by atoms with Crippen molar-refractivity contribution in [3.63, 3.8) is 0 Å². The maximum atomic E-state index is 13.2. The van der Waals surface area contributed by atoms with Crippen LogP contribution in [0.25, 0.3) is 21.9 Å². The van der Waals surface area contributed by atoms with Crippen molar-refractivity contribution in [1.29, 1.82) is 0 Å². The number of esters is 1. The molecule has 1 aliphatic rings. The van der Waals surface area contributed by atoms with Gasteiger partial charge in [0.2, 0.25) is 0 Å². The Labute approximate surface area is 197 Å². The number of carbonyl (C=O) groups is 2. The first kappa shape index (κ1) is 23.0. The summed E-state index contributed by atoms with van der Waals surface area (Å²) in [5.41, 5.74) is 1.08. The second kappa shape index (κ2) is 9.77. The molecule has 0 saturated carbocycles. The van der Waals surface area contributed by atoms with Crippen LogP contribution < -0.4 is 5.56 Å². The molecule has 1 fully saturated rings. The molecule has 2 heterocycles. The highest BCUT2D eigenvalue weighted by atomic mass is 35.5. The minimum atomic E-state index is -0.717. The Balaban J connectivity index is 1.66. The molecule has 0 aliphatic carbocycles. The van der Waals surface area contributed by atoms with Crippen LogP contribution in [-0.4, -0.2) is 65.6 Å². The normalized spacial score (nSPS) is 14.5. The summed E-state index contributed by atoms with van der Waals surface area (Å²) in [6, 6.07) is 14.2. The van der Waals surface area contributed by atoms with Crippen molar-refractivity contribution in [1.82, 2.24) is 14.4 Å². The molecule has 2 aromatic carbocycles. The van der Waals surface area contributed by atoms with Gasteiger partial charge in [-0.1, -0.05) is 48.9 Å². The van der Waals surface area contributed by atoms with Gasteiger partial charge in [-0.05, 0) is 35.7 Å². The van der Waals surface area contributed by atoms with E-state index in [1.54, 1.807) is 47.4 Å². The van der Waals surface area contributed by atoms with Gasteiger partial charge in [0.05, 0.1) is 0 Å². The Morgan fingerprint density at radius 1 is 0.970 bits per heavy atom.